The average molecular weight is 549 g/mol. The SMILES string of the molecule is CC.CCCC(=O)N1CCC(C(Nc2cc(-c3ccc4ccn(C)c4c3)c3nccnc3c2)c2cccnc2)CC1. The number of carbonyl (C=O) groups excluding carboxylic acids is 1. The van der Waals surface area contributed by atoms with Crippen molar-refractivity contribution in [2.45, 2.75) is 52.5 Å². The van der Waals surface area contributed by atoms with Crippen LogP contribution in [-0.2, 0) is 11.8 Å². The monoisotopic (exact) mass is 548 g/mol. The summed E-state index contributed by atoms with van der Waals surface area (Å²) in [5.74, 6) is 0.648. The Labute approximate surface area is 242 Å². The Morgan fingerprint density at radius 3 is 2.59 bits per heavy atom. The fourth-order valence-electron chi connectivity index (χ4n) is 5.88. The number of carbonyl (C=O) groups is 1. The average Bonchev–Trinajstić information content (AvgIpc) is 3.40. The van der Waals surface area contributed by atoms with E-state index >= 15 is 0 Å². The van der Waals surface area contributed by atoms with Crippen molar-refractivity contribution in [2.24, 2.45) is 13.0 Å². The van der Waals surface area contributed by atoms with Gasteiger partial charge >= 0.3 is 0 Å². The molecule has 1 aliphatic rings. The molecule has 0 saturated carbocycles. The molecule has 4 heterocycles. The summed E-state index contributed by atoms with van der Waals surface area (Å²) in [5.41, 5.74) is 7.24. The summed E-state index contributed by atoms with van der Waals surface area (Å²) in [7, 11) is 2.07. The molecule has 6 rings (SSSR count). The first-order valence-corrected chi connectivity index (χ1v) is 14.8. The number of rotatable bonds is 7. The van der Waals surface area contributed by atoms with Crippen molar-refractivity contribution in [1.29, 1.82) is 0 Å². The van der Waals surface area contributed by atoms with Gasteiger partial charge in [-0.2, -0.15) is 0 Å². The lowest BCUT2D eigenvalue weighted by atomic mass is 9.85. The van der Waals surface area contributed by atoms with E-state index in [2.05, 4.69) is 82.5 Å². The van der Waals surface area contributed by atoms with Gasteiger partial charge in [-0.3, -0.25) is 19.7 Å². The van der Waals surface area contributed by atoms with Gasteiger partial charge in [-0.15, -0.1) is 0 Å². The first-order valence-electron chi connectivity index (χ1n) is 14.8. The molecule has 1 saturated heterocycles. The highest BCUT2D eigenvalue weighted by Gasteiger charge is 2.29. The van der Waals surface area contributed by atoms with Gasteiger partial charge in [0.2, 0.25) is 5.91 Å². The summed E-state index contributed by atoms with van der Waals surface area (Å²) in [5, 5.41) is 5.08. The molecule has 1 unspecified atom stereocenters. The summed E-state index contributed by atoms with van der Waals surface area (Å²) >= 11 is 0. The predicted octanol–water partition coefficient (Wildman–Crippen LogP) is 7.40. The van der Waals surface area contributed by atoms with Crippen LogP contribution in [0.3, 0.4) is 0 Å². The minimum atomic E-state index is 0.0689. The largest absolute Gasteiger partial charge is 0.378 e. The van der Waals surface area contributed by atoms with Gasteiger partial charge in [-0.1, -0.05) is 39.0 Å². The number of likely N-dealkylation sites (tertiary alicyclic amines) is 1. The van der Waals surface area contributed by atoms with Gasteiger partial charge in [0.1, 0.15) is 0 Å². The number of hydrogen-bond acceptors (Lipinski definition) is 5. The number of nitrogens with zero attached hydrogens (tertiary/aromatic N) is 5. The third kappa shape index (κ3) is 6.09. The Bertz CT molecular complexity index is 1600. The molecule has 0 radical (unpaired) electrons. The van der Waals surface area contributed by atoms with Crippen molar-refractivity contribution in [1.82, 2.24) is 24.4 Å². The molecule has 5 aromatic rings. The van der Waals surface area contributed by atoms with Gasteiger partial charge in [-0.25, -0.2) is 0 Å². The van der Waals surface area contributed by atoms with Crippen LogP contribution in [0.4, 0.5) is 5.69 Å². The molecule has 0 spiro atoms. The molecule has 2 aromatic carbocycles. The number of piperidine rings is 1. The van der Waals surface area contributed by atoms with Crippen LogP contribution in [0.5, 0.6) is 0 Å². The van der Waals surface area contributed by atoms with Gasteiger partial charge in [-0.05, 0) is 72.0 Å². The Morgan fingerprint density at radius 2 is 1.83 bits per heavy atom. The maximum Gasteiger partial charge on any atom is 0.222 e. The van der Waals surface area contributed by atoms with E-state index in [4.69, 9.17) is 4.98 Å². The highest BCUT2D eigenvalue weighted by Crippen LogP contribution is 2.37. The second-order valence-electron chi connectivity index (χ2n) is 10.5. The molecule has 1 aliphatic heterocycles. The number of fused-ring (bicyclic) bond motifs is 2. The lowest BCUT2D eigenvalue weighted by molar-refractivity contribution is -0.132. The fraction of sp³-hybridized carbons (Fsp3) is 0.353. The highest BCUT2D eigenvalue weighted by molar-refractivity contribution is 5.97. The molecular weight excluding hydrogens is 508 g/mol. The quantitative estimate of drug-likeness (QED) is 0.229. The topological polar surface area (TPSA) is 75.9 Å². The van der Waals surface area contributed by atoms with Gasteiger partial charge in [0.15, 0.2) is 0 Å². The number of nitrogens with one attached hydrogen (secondary N) is 1. The van der Waals surface area contributed by atoms with E-state index in [0.29, 0.717) is 12.3 Å². The van der Waals surface area contributed by atoms with E-state index in [-0.39, 0.29) is 11.9 Å². The molecule has 1 fully saturated rings. The second kappa shape index (κ2) is 12.9. The van der Waals surface area contributed by atoms with Gasteiger partial charge in [0.05, 0.1) is 17.1 Å². The molecule has 7 heteroatoms. The van der Waals surface area contributed by atoms with Gasteiger partial charge in [0, 0.05) is 74.3 Å². The van der Waals surface area contributed by atoms with Crippen molar-refractivity contribution < 1.29 is 4.79 Å². The number of benzene rings is 2. The summed E-state index contributed by atoms with van der Waals surface area (Å²) in [6, 6.07) is 17.2. The molecule has 41 heavy (non-hydrogen) atoms. The van der Waals surface area contributed by atoms with E-state index in [9.17, 15) is 4.79 Å². The van der Waals surface area contributed by atoms with E-state index in [1.165, 1.54) is 10.9 Å². The second-order valence-corrected chi connectivity index (χ2v) is 10.5. The summed E-state index contributed by atoms with van der Waals surface area (Å²) < 4.78 is 2.14. The van der Waals surface area contributed by atoms with Crippen molar-refractivity contribution in [3.05, 3.63) is 85.1 Å². The van der Waals surface area contributed by atoms with Crippen LogP contribution in [0.1, 0.15) is 58.1 Å². The molecule has 3 aromatic heterocycles. The van der Waals surface area contributed by atoms with E-state index in [0.717, 1.165) is 65.8 Å². The zero-order valence-electron chi connectivity index (χ0n) is 24.5. The molecule has 1 N–H and O–H groups in total. The van der Waals surface area contributed by atoms with Crippen LogP contribution in [0, 0.1) is 5.92 Å². The Balaban J connectivity index is 0.00000165. The number of hydrogen-bond donors (Lipinski definition) is 1. The minimum Gasteiger partial charge on any atom is -0.378 e. The zero-order chi connectivity index (χ0) is 28.8. The Hall–Kier alpha value is -4.26. The highest BCUT2D eigenvalue weighted by atomic mass is 16.2. The molecule has 0 aliphatic carbocycles. The first-order chi connectivity index (χ1) is 20.1. The zero-order valence-corrected chi connectivity index (χ0v) is 24.5. The molecule has 1 amide bonds. The lowest BCUT2D eigenvalue weighted by Gasteiger charge is -2.37. The van der Waals surface area contributed by atoms with E-state index in [1.54, 1.807) is 12.4 Å². The van der Waals surface area contributed by atoms with Crippen molar-refractivity contribution in [3.8, 4) is 11.1 Å². The van der Waals surface area contributed by atoms with Crippen molar-refractivity contribution in [2.75, 3.05) is 18.4 Å². The number of amides is 1. The van der Waals surface area contributed by atoms with Crippen LogP contribution in [-0.4, -0.2) is 43.4 Å². The Morgan fingerprint density at radius 1 is 1.02 bits per heavy atom. The molecule has 7 nitrogen and oxygen atoms in total. The normalized spacial score (nSPS) is 14.5. The first kappa shape index (κ1) is 28.3. The Kier molecular flexibility index (Phi) is 8.92. The van der Waals surface area contributed by atoms with Crippen LogP contribution in [0.25, 0.3) is 33.1 Å². The number of aromatic nitrogens is 4. The van der Waals surface area contributed by atoms with Gasteiger partial charge < -0.3 is 14.8 Å². The maximum absolute atomic E-state index is 12.5. The third-order valence-corrected chi connectivity index (χ3v) is 7.97. The molecule has 1 atom stereocenters. The molecular formula is C34H40N6O. The van der Waals surface area contributed by atoms with Crippen molar-refractivity contribution in [3.63, 3.8) is 0 Å². The van der Waals surface area contributed by atoms with Crippen LogP contribution in [0.15, 0.2) is 79.5 Å². The van der Waals surface area contributed by atoms with Crippen LogP contribution >= 0.6 is 0 Å². The number of pyridine rings is 1. The summed E-state index contributed by atoms with van der Waals surface area (Å²) in [6.45, 7) is 7.66. The van der Waals surface area contributed by atoms with Crippen LogP contribution < -0.4 is 5.32 Å². The summed E-state index contributed by atoms with van der Waals surface area (Å²) in [6.07, 6.45) is 12.8. The predicted molar refractivity (Wildman–Crippen MR) is 168 cm³/mol. The minimum absolute atomic E-state index is 0.0689. The van der Waals surface area contributed by atoms with E-state index in [1.807, 2.05) is 37.2 Å². The third-order valence-electron chi connectivity index (χ3n) is 7.97. The summed E-state index contributed by atoms with van der Waals surface area (Å²) in [4.78, 5) is 28.3. The molecule has 0 bridgehead atoms. The maximum atomic E-state index is 12.5. The van der Waals surface area contributed by atoms with Crippen LogP contribution in [0.2, 0.25) is 0 Å². The standard InChI is InChI=1S/C32H34N6O.C2H6/c1-3-5-30(39)38-16-10-23(11-17-38)31(25-6-4-12-33-21-25)36-26-19-27(32-28(20-26)34-13-14-35-32)24-8-7-22-9-15-37(2)29(22)18-24;1-2/h4,6-9,12-15,18-21,23,31,36H,3,5,10-11,16-17H2,1-2H3;1-2H3. The number of aryl methyl sites for hydroxylation is 1. The van der Waals surface area contributed by atoms with E-state index < -0.39 is 0 Å². The smallest absolute Gasteiger partial charge is 0.222 e. The van der Waals surface area contributed by atoms with Gasteiger partial charge in [0.25, 0.3) is 0 Å². The fourth-order valence-corrected chi connectivity index (χ4v) is 5.88. The lowest BCUT2D eigenvalue weighted by Crippen LogP contribution is -2.40. The number of anilines is 1. The molecule has 212 valence electrons. The van der Waals surface area contributed by atoms with Crippen molar-refractivity contribution >= 4 is 33.5 Å².